The molecule has 0 aliphatic carbocycles. The molecule has 0 aliphatic heterocycles. The van der Waals surface area contributed by atoms with Crippen LogP contribution in [0.1, 0.15) is 22.9 Å². The van der Waals surface area contributed by atoms with Crippen molar-refractivity contribution in [3.63, 3.8) is 0 Å². The number of rotatable bonds is 2. The molecule has 1 aromatic heterocycles. The monoisotopic (exact) mass is 253 g/mol. The van der Waals surface area contributed by atoms with Crippen molar-refractivity contribution in [1.82, 2.24) is 4.98 Å². The van der Waals surface area contributed by atoms with Gasteiger partial charge < -0.3 is 5.11 Å². The van der Waals surface area contributed by atoms with Crippen molar-refractivity contribution in [1.29, 1.82) is 0 Å². The van der Waals surface area contributed by atoms with Crippen molar-refractivity contribution in [3.8, 4) is 0 Å². The van der Waals surface area contributed by atoms with Crippen LogP contribution in [0, 0.1) is 24.4 Å². The zero-order valence-electron chi connectivity index (χ0n) is 9.49. The Morgan fingerprint density at radius 1 is 1.11 bits per heavy atom. The topological polar surface area (TPSA) is 33.1 Å². The van der Waals surface area contributed by atoms with Gasteiger partial charge in [0.1, 0.15) is 6.10 Å². The zero-order valence-corrected chi connectivity index (χ0v) is 9.49. The quantitative estimate of drug-likeness (QED) is 0.835. The number of aromatic nitrogens is 1. The molecule has 0 amide bonds. The lowest BCUT2D eigenvalue weighted by molar-refractivity contribution is 0.207. The lowest BCUT2D eigenvalue weighted by Gasteiger charge is -2.12. The molecule has 2 aromatic rings. The first kappa shape index (κ1) is 12.6. The number of pyridine rings is 1. The van der Waals surface area contributed by atoms with E-state index in [2.05, 4.69) is 4.98 Å². The highest BCUT2D eigenvalue weighted by Crippen LogP contribution is 2.25. The van der Waals surface area contributed by atoms with Gasteiger partial charge in [-0.15, -0.1) is 0 Å². The second-order valence-electron chi connectivity index (χ2n) is 3.93. The summed E-state index contributed by atoms with van der Waals surface area (Å²) in [5.41, 5.74) is 0.661. The van der Waals surface area contributed by atoms with Crippen molar-refractivity contribution in [2.24, 2.45) is 0 Å². The number of nitrogens with zero attached hydrogens (tertiary/aromatic N) is 1. The molecule has 1 atom stereocenters. The van der Waals surface area contributed by atoms with Gasteiger partial charge in [0, 0.05) is 11.8 Å². The Morgan fingerprint density at radius 2 is 1.83 bits per heavy atom. The lowest BCUT2D eigenvalue weighted by Crippen LogP contribution is -2.07. The van der Waals surface area contributed by atoms with E-state index in [9.17, 15) is 18.3 Å². The maximum absolute atomic E-state index is 13.5. The lowest BCUT2D eigenvalue weighted by atomic mass is 10.0. The third kappa shape index (κ3) is 2.22. The van der Waals surface area contributed by atoms with Crippen molar-refractivity contribution in [2.75, 3.05) is 0 Å². The van der Waals surface area contributed by atoms with Crippen LogP contribution in [0.5, 0.6) is 0 Å². The molecule has 1 heterocycles. The Hall–Kier alpha value is -1.88. The summed E-state index contributed by atoms with van der Waals surface area (Å²) in [7, 11) is 0. The summed E-state index contributed by atoms with van der Waals surface area (Å²) >= 11 is 0. The minimum Gasteiger partial charge on any atom is -0.382 e. The van der Waals surface area contributed by atoms with E-state index in [1.165, 1.54) is 6.20 Å². The van der Waals surface area contributed by atoms with E-state index < -0.39 is 23.6 Å². The van der Waals surface area contributed by atoms with Gasteiger partial charge >= 0.3 is 0 Å². The van der Waals surface area contributed by atoms with E-state index in [-0.39, 0.29) is 11.3 Å². The van der Waals surface area contributed by atoms with E-state index in [1.54, 1.807) is 19.1 Å². The predicted octanol–water partition coefficient (Wildman–Crippen LogP) is 2.89. The molecular formula is C13H10F3NO. The minimum absolute atomic E-state index is 0.180. The van der Waals surface area contributed by atoms with Gasteiger partial charge in [-0.2, -0.15) is 0 Å². The van der Waals surface area contributed by atoms with Crippen LogP contribution in [0.2, 0.25) is 0 Å². The summed E-state index contributed by atoms with van der Waals surface area (Å²) in [6.45, 7) is 1.78. The number of hydrogen-bond donors (Lipinski definition) is 1. The average Bonchev–Trinajstić information content (AvgIpc) is 2.35. The van der Waals surface area contributed by atoms with Gasteiger partial charge in [-0.25, -0.2) is 13.2 Å². The second-order valence-corrected chi connectivity index (χ2v) is 3.93. The van der Waals surface area contributed by atoms with Crippen molar-refractivity contribution < 1.29 is 18.3 Å². The molecule has 1 unspecified atom stereocenters. The number of aliphatic hydroxyl groups is 1. The number of halogens is 3. The van der Waals surface area contributed by atoms with Crippen LogP contribution in [0.3, 0.4) is 0 Å². The van der Waals surface area contributed by atoms with Crippen LogP contribution >= 0.6 is 0 Å². The third-order valence-corrected chi connectivity index (χ3v) is 2.58. The molecule has 0 bridgehead atoms. The Balaban J connectivity index is 2.46. The van der Waals surface area contributed by atoms with Crippen molar-refractivity contribution in [2.45, 2.75) is 13.0 Å². The number of benzene rings is 1. The Labute approximate surface area is 102 Å². The maximum atomic E-state index is 13.5. The summed E-state index contributed by atoms with van der Waals surface area (Å²) in [6.07, 6.45) is 0.0195. The first-order valence-corrected chi connectivity index (χ1v) is 5.24. The van der Waals surface area contributed by atoms with Crippen molar-refractivity contribution >= 4 is 0 Å². The molecule has 0 aliphatic rings. The minimum atomic E-state index is -1.60. The highest BCUT2D eigenvalue weighted by Gasteiger charge is 2.21. The highest BCUT2D eigenvalue weighted by molar-refractivity contribution is 5.29. The fraction of sp³-hybridized carbons (Fsp3) is 0.154. The van der Waals surface area contributed by atoms with Gasteiger partial charge in [0.05, 0.1) is 5.69 Å². The van der Waals surface area contributed by atoms with E-state index in [4.69, 9.17) is 0 Å². The Bertz CT molecular complexity index is 586. The molecule has 2 nitrogen and oxygen atoms in total. The fourth-order valence-corrected chi connectivity index (χ4v) is 1.62. The van der Waals surface area contributed by atoms with E-state index >= 15 is 0 Å². The van der Waals surface area contributed by atoms with Crippen LogP contribution < -0.4 is 0 Å². The van der Waals surface area contributed by atoms with Crippen LogP contribution in [-0.2, 0) is 0 Å². The molecule has 18 heavy (non-hydrogen) atoms. The first-order valence-electron chi connectivity index (χ1n) is 5.24. The van der Waals surface area contributed by atoms with Gasteiger partial charge in [-0.3, -0.25) is 4.98 Å². The van der Waals surface area contributed by atoms with E-state index in [0.717, 1.165) is 17.7 Å². The SMILES string of the molecule is Cc1ccnc(C(O)c2ccc(F)c(F)c2F)c1. The first-order chi connectivity index (χ1) is 8.50. The zero-order chi connectivity index (χ0) is 13.3. The summed E-state index contributed by atoms with van der Waals surface area (Å²) in [4.78, 5) is 3.88. The van der Waals surface area contributed by atoms with Crippen LogP contribution in [0.25, 0.3) is 0 Å². The molecule has 1 N–H and O–H groups in total. The van der Waals surface area contributed by atoms with Gasteiger partial charge in [0.2, 0.25) is 0 Å². The maximum Gasteiger partial charge on any atom is 0.194 e. The number of hydrogen-bond acceptors (Lipinski definition) is 2. The highest BCUT2D eigenvalue weighted by atomic mass is 19.2. The van der Waals surface area contributed by atoms with Gasteiger partial charge in [0.25, 0.3) is 0 Å². The molecule has 0 radical (unpaired) electrons. The number of aryl methyl sites for hydroxylation is 1. The summed E-state index contributed by atoms with van der Waals surface area (Å²) < 4.78 is 39.3. The Kier molecular flexibility index (Phi) is 3.34. The normalized spacial score (nSPS) is 12.5. The third-order valence-electron chi connectivity index (χ3n) is 2.58. The van der Waals surface area contributed by atoms with E-state index in [1.807, 2.05) is 0 Å². The van der Waals surface area contributed by atoms with Crippen LogP contribution in [-0.4, -0.2) is 10.1 Å². The largest absolute Gasteiger partial charge is 0.382 e. The van der Waals surface area contributed by atoms with E-state index in [0.29, 0.717) is 0 Å². The van der Waals surface area contributed by atoms with Gasteiger partial charge in [-0.1, -0.05) is 0 Å². The molecule has 1 aromatic carbocycles. The van der Waals surface area contributed by atoms with Gasteiger partial charge in [-0.05, 0) is 36.8 Å². The van der Waals surface area contributed by atoms with Crippen LogP contribution in [0.4, 0.5) is 13.2 Å². The molecule has 5 heteroatoms. The summed E-state index contributed by atoms with van der Waals surface area (Å²) in [6, 6.07) is 5.03. The molecule has 0 saturated carbocycles. The van der Waals surface area contributed by atoms with Gasteiger partial charge in [0.15, 0.2) is 17.5 Å². The fourth-order valence-electron chi connectivity index (χ4n) is 1.62. The average molecular weight is 253 g/mol. The summed E-state index contributed by atoms with van der Waals surface area (Å²) in [5.74, 6) is -4.29. The molecule has 0 saturated heterocycles. The predicted molar refractivity (Wildman–Crippen MR) is 59.4 cm³/mol. The molecule has 0 fully saturated rings. The summed E-state index contributed by atoms with van der Waals surface area (Å²) in [5, 5.41) is 9.92. The Morgan fingerprint density at radius 3 is 2.50 bits per heavy atom. The molecular weight excluding hydrogens is 243 g/mol. The smallest absolute Gasteiger partial charge is 0.194 e. The standard InChI is InChI=1S/C13H10F3NO/c1-7-4-5-17-10(6-7)13(18)8-2-3-9(14)12(16)11(8)15/h2-6,13,18H,1H3. The second kappa shape index (κ2) is 4.78. The molecule has 2 rings (SSSR count). The molecule has 94 valence electrons. The molecule has 0 spiro atoms. The number of aliphatic hydroxyl groups excluding tert-OH is 1. The van der Waals surface area contributed by atoms with Crippen molar-refractivity contribution in [3.05, 3.63) is 64.7 Å². The van der Waals surface area contributed by atoms with Crippen LogP contribution in [0.15, 0.2) is 30.5 Å².